The first kappa shape index (κ1) is 14.9. The van der Waals surface area contributed by atoms with E-state index in [-0.39, 0.29) is 5.66 Å². The summed E-state index contributed by atoms with van der Waals surface area (Å²) in [4.78, 5) is 0.900. The number of nitrogens with one attached hydrogen (secondary N) is 2. The van der Waals surface area contributed by atoms with Gasteiger partial charge in [0.1, 0.15) is 10.5 Å². The van der Waals surface area contributed by atoms with Crippen molar-refractivity contribution in [2.45, 2.75) is 43.3 Å². The van der Waals surface area contributed by atoms with Crippen molar-refractivity contribution >= 4 is 17.2 Å². The minimum Gasteiger partial charge on any atom is -0.360 e. The molecule has 2 N–H and O–H groups in total. The molecular formula is C20H22N2S. The van der Waals surface area contributed by atoms with Crippen molar-refractivity contribution in [3.05, 3.63) is 71.8 Å². The Hall–Kier alpha value is -1.71. The van der Waals surface area contributed by atoms with Crippen LogP contribution in [-0.4, -0.2) is 10.7 Å². The molecule has 1 aliphatic heterocycles. The van der Waals surface area contributed by atoms with E-state index in [4.69, 9.17) is 12.2 Å². The van der Waals surface area contributed by atoms with Gasteiger partial charge in [-0.2, -0.15) is 0 Å². The average Bonchev–Trinajstić information content (AvgIpc) is 2.90. The van der Waals surface area contributed by atoms with Crippen LogP contribution in [0.5, 0.6) is 0 Å². The molecule has 1 aliphatic carbocycles. The van der Waals surface area contributed by atoms with Crippen LogP contribution < -0.4 is 10.6 Å². The molecule has 1 heterocycles. The molecular weight excluding hydrogens is 300 g/mol. The van der Waals surface area contributed by atoms with Crippen LogP contribution in [0.2, 0.25) is 0 Å². The van der Waals surface area contributed by atoms with Gasteiger partial charge in [0.25, 0.3) is 0 Å². The number of thiocarbonyl (C=S) groups is 1. The van der Waals surface area contributed by atoms with Crippen LogP contribution in [0, 0.1) is 0 Å². The molecule has 0 aromatic heterocycles. The van der Waals surface area contributed by atoms with Gasteiger partial charge in [-0.05, 0) is 36.8 Å². The summed E-state index contributed by atoms with van der Waals surface area (Å²) < 4.78 is 0. The van der Waals surface area contributed by atoms with E-state index in [0.29, 0.717) is 0 Å². The van der Waals surface area contributed by atoms with Gasteiger partial charge in [-0.3, -0.25) is 5.32 Å². The Morgan fingerprint density at radius 1 is 0.739 bits per heavy atom. The lowest BCUT2D eigenvalue weighted by Crippen LogP contribution is -2.54. The number of rotatable bonds is 2. The van der Waals surface area contributed by atoms with Gasteiger partial charge in [0, 0.05) is 0 Å². The highest BCUT2D eigenvalue weighted by Gasteiger charge is 2.52. The number of benzene rings is 2. The molecule has 4 rings (SSSR count). The first-order chi connectivity index (χ1) is 11.3. The zero-order chi connectivity index (χ0) is 15.8. The van der Waals surface area contributed by atoms with Crippen molar-refractivity contribution in [1.82, 2.24) is 10.6 Å². The van der Waals surface area contributed by atoms with Crippen molar-refractivity contribution in [3.63, 3.8) is 0 Å². The molecule has 2 aromatic carbocycles. The summed E-state index contributed by atoms with van der Waals surface area (Å²) in [6.45, 7) is 0. The van der Waals surface area contributed by atoms with Crippen molar-refractivity contribution < 1.29 is 0 Å². The Balaban J connectivity index is 1.86. The highest BCUT2D eigenvalue weighted by Crippen LogP contribution is 2.41. The molecule has 0 atom stereocenters. The third-order valence-electron chi connectivity index (χ3n) is 5.24. The molecule has 0 radical (unpaired) electrons. The molecule has 0 bridgehead atoms. The van der Waals surface area contributed by atoms with Gasteiger partial charge in [-0.1, -0.05) is 79.3 Å². The summed E-state index contributed by atoms with van der Waals surface area (Å²) in [5.74, 6) is 0. The van der Waals surface area contributed by atoms with Gasteiger partial charge in [-0.15, -0.1) is 0 Å². The first-order valence-electron chi connectivity index (χ1n) is 8.48. The van der Waals surface area contributed by atoms with E-state index in [1.54, 1.807) is 0 Å². The lowest BCUT2D eigenvalue weighted by atomic mass is 9.82. The zero-order valence-electron chi connectivity index (χ0n) is 13.2. The third kappa shape index (κ3) is 2.39. The fourth-order valence-electron chi connectivity index (χ4n) is 4.11. The maximum Gasteiger partial charge on any atom is 0.122 e. The quantitative estimate of drug-likeness (QED) is 0.814. The molecule has 2 fully saturated rings. The first-order valence-corrected chi connectivity index (χ1v) is 8.89. The molecule has 0 amide bonds. The van der Waals surface area contributed by atoms with E-state index >= 15 is 0 Å². The molecule has 0 unspecified atom stereocenters. The topological polar surface area (TPSA) is 24.1 Å². The van der Waals surface area contributed by atoms with E-state index < -0.39 is 5.54 Å². The SMILES string of the molecule is S=C1NC2(CCCCC2)NC1(c1ccccc1)c1ccccc1. The van der Waals surface area contributed by atoms with Crippen LogP contribution >= 0.6 is 12.2 Å². The minimum absolute atomic E-state index is 0.0545. The summed E-state index contributed by atoms with van der Waals surface area (Å²) >= 11 is 5.90. The molecule has 3 heteroatoms. The van der Waals surface area contributed by atoms with Crippen LogP contribution in [0.1, 0.15) is 43.2 Å². The summed E-state index contributed by atoms with van der Waals surface area (Å²) in [6, 6.07) is 21.2. The highest BCUT2D eigenvalue weighted by atomic mass is 32.1. The molecule has 2 aliphatic rings. The Labute approximate surface area is 143 Å². The summed E-state index contributed by atoms with van der Waals surface area (Å²) in [5.41, 5.74) is 1.95. The Kier molecular flexibility index (Phi) is 3.70. The van der Waals surface area contributed by atoms with Crippen molar-refractivity contribution in [3.8, 4) is 0 Å². The van der Waals surface area contributed by atoms with Crippen molar-refractivity contribution in [2.24, 2.45) is 0 Å². The molecule has 2 aromatic rings. The molecule has 1 spiro atoms. The largest absolute Gasteiger partial charge is 0.360 e. The van der Waals surface area contributed by atoms with Crippen molar-refractivity contribution in [1.29, 1.82) is 0 Å². The summed E-state index contributed by atoms with van der Waals surface area (Å²) in [6.07, 6.45) is 6.09. The second-order valence-electron chi connectivity index (χ2n) is 6.70. The van der Waals surface area contributed by atoms with Crippen LogP contribution in [-0.2, 0) is 5.54 Å². The van der Waals surface area contributed by atoms with Gasteiger partial charge in [0.2, 0.25) is 0 Å². The number of hydrogen-bond donors (Lipinski definition) is 2. The second-order valence-corrected chi connectivity index (χ2v) is 7.11. The van der Waals surface area contributed by atoms with Gasteiger partial charge in [0.15, 0.2) is 0 Å². The zero-order valence-corrected chi connectivity index (χ0v) is 14.0. The van der Waals surface area contributed by atoms with Crippen LogP contribution in [0.15, 0.2) is 60.7 Å². The van der Waals surface area contributed by atoms with E-state index in [9.17, 15) is 0 Å². The standard InChI is InChI=1S/C20H22N2S/c23-18-20(16-10-4-1-5-11-16,17-12-6-2-7-13-17)22-19(21-18)14-8-3-9-15-19/h1-2,4-7,10-13,22H,3,8-9,14-15H2,(H,21,23). The average molecular weight is 322 g/mol. The molecule has 2 nitrogen and oxygen atoms in total. The van der Waals surface area contributed by atoms with Gasteiger partial charge < -0.3 is 5.32 Å². The highest BCUT2D eigenvalue weighted by molar-refractivity contribution is 7.80. The third-order valence-corrected chi connectivity index (χ3v) is 5.65. The maximum atomic E-state index is 5.90. The smallest absolute Gasteiger partial charge is 0.122 e. The van der Waals surface area contributed by atoms with E-state index in [2.05, 4.69) is 71.3 Å². The van der Waals surface area contributed by atoms with Gasteiger partial charge in [0.05, 0.1) is 5.66 Å². The maximum absolute atomic E-state index is 5.90. The molecule has 118 valence electrons. The van der Waals surface area contributed by atoms with Crippen LogP contribution in [0.3, 0.4) is 0 Å². The van der Waals surface area contributed by atoms with Crippen LogP contribution in [0.25, 0.3) is 0 Å². The summed E-state index contributed by atoms with van der Waals surface area (Å²) in [5, 5.41) is 7.63. The predicted octanol–water partition coefficient (Wildman–Crippen LogP) is 4.11. The lowest BCUT2D eigenvalue weighted by Gasteiger charge is -2.37. The Morgan fingerprint density at radius 3 is 1.78 bits per heavy atom. The monoisotopic (exact) mass is 322 g/mol. The minimum atomic E-state index is -0.421. The fraction of sp³-hybridized carbons (Fsp3) is 0.350. The fourth-order valence-corrected chi connectivity index (χ4v) is 4.59. The van der Waals surface area contributed by atoms with E-state index in [0.717, 1.165) is 17.8 Å². The Morgan fingerprint density at radius 2 is 1.26 bits per heavy atom. The second kappa shape index (κ2) is 5.73. The lowest BCUT2D eigenvalue weighted by molar-refractivity contribution is 0.216. The number of hydrogen-bond acceptors (Lipinski definition) is 2. The molecule has 1 saturated heterocycles. The summed E-state index contributed by atoms with van der Waals surface area (Å²) in [7, 11) is 0. The predicted molar refractivity (Wildman–Crippen MR) is 98.3 cm³/mol. The van der Waals surface area contributed by atoms with Crippen LogP contribution in [0.4, 0.5) is 0 Å². The van der Waals surface area contributed by atoms with Crippen molar-refractivity contribution in [2.75, 3.05) is 0 Å². The van der Waals surface area contributed by atoms with Gasteiger partial charge in [-0.25, -0.2) is 0 Å². The Bertz CT molecular complexity index is 651. The normalized spacial score (nSPS) is 22.0. The van der Waals surface area contributed by atoms with E-state index in [1.165, 1.54) is 30.4 Å². The molecule has 1 saturated carbocycles. The van der Waals surface area contributed by atoms with Gasteiger partial charge >= 0.3 is 0 Å². The van der Waals surface area contributed by atoms with E-state index in [1.807, 2.05) is 0 Å². The molecule has 23 heavy (non-hydrogen) atoms.